The van der Waals surface area contributed by atoms with E-state index >= 15 is 0 Å². The SMILES string of the molecule is CCCC(CCO)CNC(=NCc1ccc(C)cc1OCC1CCOC1)NCC. The smallest absolute Gasteiger partial charge is 0.191 e. The lowest BCUT2D eigenvalue weighted by Gasteiger charge is -2.18. The predicted octanol–water partition coefficient (Wildman–Crippen LogP) is 3.26. The number of aliphatic hydroxyl groups excluding tert-OH is 1. The molecule has 1 saturated heterocycles. The van der Waals surface area contributed by atoms with E-state index in [-0.39, 0.29) is 6.61 Å². The predicted molar refractivity (Wildman–Crippen MR) is 119 cm³/mol. The molecule has 164 valence electrons. The van der Waals surface area contributed by atoms with E-state index in [1.165, 1.54) is 5.56 Å². The summed E-state index contributed by atoms with van der Waals surface area (Å²) in [5.74, 6) is 2.66. The van der Waals surface area contributed by atoms with Crippen LogP contribution >= 0.6 is 0 Å². The molecule has 2 unspecified atom stereocenters. The molecule has 0 radical (unpaired) electrons. The highest BCUT2D eigenvalue weighted by atomic mass is 16.5. The number of benzene rings is 1. The third-order valence-corrected chi connectivity index (χ3v) is 5.27. The van der Waals surface area contributed by atoms with E-state index in [4.69, 9.17) is 14.5 Å². The fourth-order valence-electron chi connectivity index (χ4n) is 3.54. The van der Waals surface area contributed by atoms with Crippen molar-refractivity contribution in [3.63, 3.8) is 0 Å². The largest absolute Gasteiger partial charge is 0.493 e. The lowest BCUT2D eigenvalue weighted by Crippen LogP contribution is -2.40. The van der Waals surface area contributed by atoms with Crippen LogP contribution in [-0.2, 0) is 11.3 Å². The average molecular weight is 406 g/mol. The fourth-order valence-corrected chi connectivity index (χ4v) is 3.54. The van der Waals surface area contributed by atoms with E-state index in [1.807, 2.05) is 0 Å². The summed E-state index contributed by atoms with van der Waals surface area (Å²) in [6, 6.07) is 6.31. The molecule has 6 nitrogen and oxygen atoms in total. The van der Waals surface area contributed by atoms with Gasteiger partial charge in [0.05, 0.1) is 19.8 Å². The van der Waals surface area contributed by atoms with Gasteiger partial charge in [-0.15, -0.1) is 0 Å². The minimum absolute atomic E-state index is 0.232. The number of nitrogens with zero attached hydrogens (tertiary/aromatic N) is 1. The summed E-state index contributed by atoms with van der Waals surface area (Å²) in [6.07, 6.45) is 4.12. The van der Waals surface area contributed by atoms with E-state index in [0.717, 1.165) is 69.3 Å². The first-order valence-corrected chi connectivity index (χ1v) is 11.1. The maximum atomic E-state index is 9.27. The lowest BCUT2D eigenvalue weighted by atomic mass is 10.0. The van der Waals surface area contributed by atoms with Crippen molar-refractivity contribution in [3.05, 3.63) is 29.3 Å². The van der Waals surface area contributed by atoms with Crippen LogP contribution < -0.4 is 15.4 Å². The Labute approximate surface area is 176 Å². The highest BCUT2D eigenvalue weighted by molar-refractivity contribution is 5.79. The molecule has 1 heterocycles. The number of aryl methyl sites for hydroxylation is 1. The summed E-state index contributed by atoms with van der Waals surface area (Å²) in [4.78, 5) is 4.77. The molecule has 0 spiro atoms. The Morgan fingerprint density at radius 2 is 2.17 bits per heavy atom. The second kappa shape index (κ2) is 13.4. The number of hydrogen-bond acceptors (Lipinski definition) is 4. The zero-order valence-corrected chi connectivity index (χ0v) is 18.4. The average Bonchev–Trinajstić information content (AvgIpc) is 3.23. The van der Waals surface area contributed by atoms with Crippen LogP contribution in [-0.4, -0.2) is 50.6 Å². The van der Waals surface area contributed by atoms with Gasteiger partial charge in [0.1, 0.15) is 5.75 Å². The molecule has 0 bridgehead atoms. The van der Waals surface area contributed by atoms with Crippen molar-refractivity contribution in [1.82, 2.24) is 10.6 Å². The van der Waals surface area contributed by atoms with E-state index in [9.17, 15) is 5.11 Å². The Hall–Kier alpha value is -1.79. The molecule has 6 heteroatoms. The van der Waals surface area contributed by atoms with Crippen molar-refractivity contribution in [2.75, 3.05) is 39.5 Å². The van der Waals surface area contributed by atoms with E-state index in [2.05, 4.69) is 49.6 Å². The van der Waals surface area contributed by atoms with Crippen LogP contribution in [0.3, 0.4) is 0 Å². The zero-order chi connectivity index (χ0) is 20.9. The first-order chi connectivity index (χ1) is 14.2. The summed E-state index contributed by atoms with van der Waals surface area (Å²) in [5, 5.41) is 16.0. The van der Waals surface area contributed by atoms with Gasteiger partial charge in [0.15, 0.2) is 5.96 Å². The van der Waals surface area contributed by atoms with Gasteiger partial charge in [0.25, 0.3) is 0 Å². The summed E-state index contributed by atoms with van der Waals surface area (Å²) in [6.45, 7) is 11.1. The molecule has 0 aromatic heterocycles. The lowest BCUT2D eigenvalue weighted by molar-refractivity contribution is 0.166. The van der Waals surface area contributed by atoms with E-state index < -0.39 is 0 Å². The van der Waals surface area contributed by atoms with Crippen molar-refractivity contribution < 1.29 is 14.6 Å². The molecule has 0 aliphatic carbocycles. The fraction of sp³-hybridized carbons (Fsp3) is 0.696. The molecule has 1 aromatic rings. The Balaban J connectivity index is 1.99. The second-order valence-electron chi connectivity index (χ2n) is 7.89. The molecular weight excluding hydrogens is 366 g/mol. The van der Waals surface area contributed by atoms with Crippen molar-refractivity contribution in [2.24, 2.45) is 16.8 Å². The van der Waals surface area contributed by atoms with Gasteiger partial charge in [-0.1, -0.05) is 25.5 Å². The molecule has 2 rings (SSSR count). The van der Waals surface area contributed by atoms with Gasteiger partial charge in [0.2, 0.25) is 0 Å². The quantitative estimate of drug-likeness (QED) is 0.368. The first-order valence-electron chi connectivity index (χ1n) is 11.1. The zero-order valence-electron chi connectivity index (χ0n) is 18.4. The maximum Gasteiger partial charge on any atom is 0.191 e. The number of hydrogen-bond donors (Lipinski definition) is 3. The number of ether oxygens (including phenoxy) is 2. The summed E-state index contributed by atoms with van der Waals surface area (Å²) in [7, 11) is 0. The molecule has 1 aromatic carbocycles. The normalized spacial score (nSPS) is 17.9. The molecule has 3 N–H and O–H groups in total. The first kappa shape index (κ1) is 23.5. The standard InChI is InChI=1S/C23H39N3O3/c1-4-6-19(9-11-27)14-25-23(24-5-2)26-15-21-8-7-18(3)13-22(21)29-17-20-10-12-28-16-20/h7-8,13,19-20,27H,4-6,9-12,14-17H2,1-3H3,(H2,24,25,26). The molecule has 1 aliphatic heterocycles. The molecule has 0 amide bonds. The van der Waals surface area contributed by atoms with Crippen molar-refractivity contribution in [2.45, 2.75) is 53.0 Å². The molecule has 0 saturated carbocycles. The van der Waals surface area contributed by atoms with Gasteiger partial charge in [0, 0.05) is 37.8 Å². The molecule has 29 heavy (non-hydrogen) atoms. The third-order valence-electron chi connectivity index (χ3n) is 5.27. The molecule has 2 atom stereocenters. The van der Waals surface area contributed by atoms with Gasteiger partial charge in [-0.25, -0.2) is 4.99 Å². The summed E-state index contributed by atoms with van der Waals surface area (Å²) < 4.78 is 11.6. The summed E-state index contributed by atoms with van der Waals surface area (Å²) >= 11 is 0. The molecular formula is C23H39N3O3. The van der Waals surface area contributed by atoms with Crippen molar-refractivity contribution >= 4 is 5.96 Å². The Morgan fingerprint density at radius 3 is 2.86 bits per heavy atom. The van der Waals surface area contributed by atoms with Gasteiger partial charge in [-0.3, -0.25) is 0 Å². The number of aliphatic hydroxyl groups is 1. The van der Waals surface area contributed by atoms with Gasteiger partial charge in [-0.2, -0.15) is 0 Å². The number of nitrogens with one attached hydrogen (secondary N) is 2. The number of rotatable bonds is 12. The van der Waals surface area contributed by atoms with Crippen LogP contribution in [0.2, 0.25) is 0 Å². The number of aliphatic imine (C=N–C) groups is 1. The Morgan fingerprint density at radius 1 is 1.31 bits per heavy atom. The van der Waals surface area contributed by atoms with Crippen molar-refractivity contribution in [1.29, 1.82) is 0 Å². The van der Waals surface area contributed by atoms with Gasteiger partial charge in [-0.05, 0) is 50.7 Å². The van der Waals surface area contributed by atoms with Crippen LogP contribution in [0.4, 0.5) is 0 Å². The highest BCUT2D eigenvalue weighted by Crippen LogP contribution is 2.23. The van der Waals surface area contributed by atoms with E-state index in [1.54, 1.807) is 0 Å². The third kappa shape index (κ3) is 8.62. The Bertz CT molecular complexity index is 609. The van der Waals surface area contributed by atoms with Gasteiger partial charge < -0.3 is 25.2 Å². The van der Waals surface area contributed by atoms with Crippen molar-refractivity contribution in [3.8, 4) is 5.75 Å². The monoisotopic (exact) mass is 405 g/mol. The maximum absolute atomic E-state index is 9.27. The highest BCUT2D eigenvalue weighted by Gasteiger charge is 2.17. The van der Waals surface area contributed by atoms with Crippen LogP contribution in [0.15, 0.2) is 23.2 Å². The minimum Gasteiger partial charge on any atom is -0.493 e. The van der Waals surface area contributed by atoms with Crippen LogP contribution in [0.5, 0.6) is 5.75 Å². The van der Waals surface area contributed by atoms with Crippen LogP contribution in [0.25, 0.3) is 0 Å². The molecule has 1 aliphatic rings. The summed E-state index contributed by atoms with van der Waals surface area (Å²) in [5.41, 5.74) is 2.28. The van der Waals surface area contributed by atoms with Crippen LogP contribution in [0.1, 0.15) is 50.7 Å². The molecule has 1 fully saturated rings. The van der Waals surface area contributed by atoms with E-state index in [0.29, 0.717) is 25.0 Å². The topological polar surface area (TPSA) is 75.1 Å². The minimum atomic E-state index is 0.232. The van der Waals surface area contributed by atoms with Crippen LogP contribution in [0, 0.1) is 18.8 Å². The second-order valence-corrected chi connectivity index (χ2v) is 7.89. The van der Waals surface area contributed by atoms with Gasteiger partial charge >= 0.3 is 0 Å². The number of guanidine groups is 1. The Kier molecular flexibility index (Phi) is 10.9.